The van der Waals surface area contributed by atoms with Crippen LogP contribution in [0.3, 0.4) is 0 Å². The van der Waals surface area contributed by atoms with Crippen molar-refractivity contribution in [2.24, 2.45) is 5.41 Å². The molecule has 0 radical (unpaired) electrons. The molecule has 3 heteroatoms. The summed E-state index contributed by atoms with van der Waals surface area (Å²) in [5.74, 6) is 0. The Kier molecular flexibility index (Phi) is 4.38. The summed E-state index contributed by atoms with van der Waals surface area (Å²) in [6.45, 7) is 5.77. The monoisotopic (exact) mass is 249 g/mol. The summed E-state index contributed by atoms with van der Waals surface area (Å²) in [5.41, 5.74) is 6.23. The second kappa shape index (κ2) is 5.83. The van der Waals surface area contributed by atoms with Crippen LogP contribution in [0.2, 0.25) is 0 Å². The molecule has 0 spiro atoms. The van der Waals surface area contributed by atoms with Crippen LogP contribution in [0.1, 0.15) is 37.4 Å². The van der Waals surface area contributed by atoms with E-state index in [0.717, 1.165) is 6.42 Å². The first kappa shape index (κ1) is 13.5. The van der Waals surface area contributed by atoms with E-state index in [9.17, 15) is 0 Å². The molecule has 0 aliphatic heterocycles. The molecule has 1 atom stereocenters. The predicted molar refractivity (Wildman–Crippen MR) is 72.2 cm³/mol. The van der Waals surface area contributed by atoms with E-state index < -0.39 is 0 Å². The Bertz CT molecular complexity index is 390. The van der Waals surface area contributed by atoms with Crippen LogP contribution in [0.15, 0.2) is 24.3 Å². The van der Waals surface area contributed by atoms with Gasteiger partial charge in [0.2, 0.25) is 0 Å². The first-order valence-electron chi connectivity index (χ1n) is 6.59. The summed E-state index contributed by atoms with van der Waals surface area (Å²) >= 11 is 0. The molecule has 0 amide bonds. The van der Waals surface area contributed by atoms with Gasteiger partial charge >= 0.3 is 0 Å². The molecular weight excluding hydrogens is 226 g/mol. The maximum Gasteiger partial charge on any atom is 0.0916 e. The van der Waals surface area contributed by atoms with Gasteiger partial charge < -0.3 is 4.74 Å². The summed E-state index contributed by atoms with van der Waals surface area (Å²) in [5, 5.41) is 0. The van der Waals surface area contributed by atoms with Crippen LogP contribution >= 0.6 is 0 Å². The zero-order chi connectivity index (χ0) is 13.0. The molecule has 1 unspecified atom stereocenters. The lowest BCUT2D eigenvalue weighted by Crippen LogP contribution is -2.38. The Morgan fingerprint density at radius 2 is 2.06 bits per heavy atom. The second-order valence-corrected chi connectivity index (χ2v) is 5.58. The van der Waals surface area contributed by atoms with E-state index >= 15 is 0 Å². The lowest BCUT2D eigenvalue weighted by Gasteiger charge is -2.40. The highest BCUT2D eigenvalue weighted by molar-refractivity contribution is 5.33. The minimum absolute atomic E-state index is 0.210. The Balaban J connectivity index is 2.09. The standard InChI is InChI=1S/C15H23NO2/c1-15(2)9-8-12-6-4-5-7-13(12)14(15)16-18-11-10-17-3/h4-7,14,16H,8-11H2,1-3H3. The third-order valence-electron chi connectivity index (χ3n) is 3.78. The van der Waals surface area contributed by atoms with E-state index in [4.69, 9.17) is 9.57 Å². The molecule has 1 aromatic rings. The van der Waals surface area contributed by atoms with Crippen LogP contribution in [0.4, 0.5) is 0 Å². The van der Waals surface area contributed by atoms with Crippen molar-refractivity contribution in [1.82, 2.24) is 5.48 Å². The number of hydrogen-bond acceptors (Lipinski definition) is 3. The summed E-state index contributed by atoms with van der Waals surface area (Å²) in [6.07, 6.45) is 2.33. The number of rotatable bonds is 5. The van der Waals surface area contributed by atoms with Gasteiger partial charge in [0.25, 0.3) is 0 Å². The molecule has 1 N–H and O–H groups in total. The van der Waals surface area contributed by atoms with Gasteiger partial charge in [0, 0.05) is 7.11 Å². The zero-order valence-corrected chi connectivity index (χ0v) is 11.5. The molecule has 0 fully saturated rings. The second-order valence-electron chi connectivity index (χ2n) is 5.58. The van der Waals surface area contributed by atoms with Crippen LogP contribution in [-0.4, -0.2) is 20.3 Å². The van der Waals surface area contributed by atoms with Crippen LogP contribution in [0.25, 0.3) is 0 Å². The predicted octanol–water partition coefficient (Wildman–Crippen LogP) is 2.87. The van der Waals surface area contributed by atoms with Crippen molar-refractivity contribution in [3.63, 3.8) is 0 Å². The molecule has 18 heavy (non-hydrogen) atoms. The van der Waals surface area contributed by atoms with Gasteiger partial charge in [0.05, 0.1) is 19.3 Å². The van der Waals surface area contributed by atoms with Crippen molar-refractivity contribution in [1.29, 1.82) is 0 Å². The van der Waals surface area contributed by atoms with Gasteiger partial charge in [-0.3, -0.25) is 4.84 Å². The topological polar surface area (TPSA) is 30.5 Å². The third kappa shape index (κ3) is 2.91. The van der Waals surface area contributed by atoms with E-state index in [2.05, 4.69) is 43.6 Å². The van der Waals surface area contributed by atoms with Crippen molar-refractivity contribution in [2.75, 3.05) is 20.3 Å². The number of fused-ring (bicyclic) bond motifs is 1. The van der Waals surface area contributed by atoms with Crippen molar-refractivity contribution >= 4 is 0 Å². The smallest absolute Gasteiger partial charge is 0.0916 e. The van der Waals surface area contributed by atoms with Gasteiger partial charge in [0.15, 0.2) is 0 Å². The van der Waals surface area contributed by atoms with E-state index in [1.54, 1.807) is 7.11 Å². The van der Waals surface area contributed by atoms with E-state index in [-0.39, 0.29) is 11.5 Å². The zero-order valence-electron chi connectivity index (χ0n) is 11.5. The number of hydroxylamine groups is 1. The van der Waals surface area contributed by atoms with Crippen LogP contribution in [0.5, 0.6) is 0 Å². The highest BCUT2D eigenvalue weighted by atomic mass is 16.7. The number of ether oxygens (including phenoxy) is 1. The number of hydrogen-bond donors (Lipinski definition) is 1. The Labute approximate surface area is 109 Å². The van der Waals surface area contributed by atoms with Gasteiger partial charge in [-0.25, -0.2) is 0 Å². The third-order valence-corrected chi connectivity index (χ3v) is 3.78. The first-order valence-corrected chi connectivity index (χ1v) is 6.59. The number of nitrogens with one attached hydrogen (secondary N) is 1. The quantitative estimate of drug-likeness (QED) is 0.643. The first-order chi connectivity index (χ1) is 8.65. The fourth-order valence-electron chi connectivity index (χ4n) is 2.56. The molecule has 100 valence electrons. The normalized spacial score (nSPS) is 21.6. The average molecular weight is 249 g/mol. The minimum atomic E-state index is 0.210. The van der Waals surface area contributed by atoms with E-state index in [0.29, 0.717) is 13.2 Å². The summed E-state index contributed by atoms with van der Waals surface area (Å²) in [7, 11) is 1.68. The molecule has 0 heterocycles. The molecule has 3 nitrogen and oxygen atoms in total. The lowest BCUT2D eigenvalue weighted by atomic mass is 9.71. The van der Waals surface area contributed by atoms with Crippen LogP contribution < -0.4 is 5.48 Å². The van der Waals surface area contributed by atoms with Gasteiger partial charge in [0.1, 0.15) is 0 Å². The van der Waals surface area contributed by atoms with E-state index in [1.165, 1.54) is 17.5 Å². The molecule has 2 rings (SSSR count). The highest BCUT2D eigenvalue weighted by Crippen LogP contribution is 2.43. The Morgan fingerprint density at radius 1 is 1.28 bits per heavy atom. The van der Waals surface area contributed by atoms with E-state index in [1.807, 2.05) is 0 Å². The largest absolute Gasteiger partial charge is 0.382 e. The number of aryl methyl sites for hydroxylation is 1. The van der Waals surface area contributed by atoms with Gasteiger partial charge in [-0.05, 0) is 29.4 Å². The van der Waals surface area contributed by atoms with Crippen LogP contribution in [0, 0.1) is 5.41 Å². The maximum absolute atomic E-state index is 5.53. The van der Waals surface area contributed by atoms with Crippen molar-refractivity contribution in [2.45, 2.75) is 32.7 Å². The van der Waals surface area contributed by atoms with Gasteiger partial charge in [-0.1, -0.05) is 38.1 Å². The molecule has 0 aromatic heterocycles. The summed E-state index contributed by atoms with van der Waals surface area (Å²) in [4.78, 5) is 5.53. The van der Waals surface area contributed by atoms with Crippen LogP contribution in [-0.2, 0) is 16.0 Å². The average Bonchev–Trinajstić information content (AvgIpc) is 2.36. The molecule has 0 saturated heterocycles. The Hall–Kier alpha value is -0.900. The highest BCUT2D eigenvalue weighted by Gasteiger charge is 2.35. The van der Waals surface area contributed by atoms with Gasteiger partial charge in [-0.15, -0.1) is 0 Å². The van der Waals surface area contributed by atoms with Crippen molar-refractivity contribution in [3.8, 4) is 0 Å². The minimum Gasteiger partial charge on any atom is -0.382 e. The molecule has 1 aliphatic rings. The number of benzene rings is 1. The molecule has 0 saturated carbocycles. The van der Waals surface area contributed by atoms with Crippen molar-refractivity contribution < 1.29 is 9.57 Å². The summed E-state index contributed by atoms with van der Waals surface area (Å²) < 4.78 is 4.99. The lowest BCUT2D eigenvalue weighted by molar-refractivity contribution is -0.0408. The SMILES string of the molecule is COCCONC1c2ccccc2CCC1(C)C. The number of methoxy groups -OCH3 is 1. The fourth-order valence-corrected chi connectivity index (χ4v) is 2.56. The molecule has 1 aliphatic carbocycles. The summed E-state index contributed by atoms with van der Waals surface area (Å²) in [6, 6.07) is 8.88. The molecule has 1 aromatic carbocycles. The fraction of sp³-hybridized carbons (Fsp3) is 0.600. The molecule has 0 bridgehead atoms. The maximum atomic E-state index is 5.53. The molecular formula is C15H23NO2. The Morgan fingerprint density at radius 3 is 2.83 bits per heavy atom. The van der Waals surface area contributed by atoms with Crippen molar-refractivity contribution in [3.05, 3.63) is 35.4 Å². The van der Waals surface area contributed by atoms with Gasteiger partial charge in [-0.2, -0.15) is 5.48 Å².